The summed E-state index contributed by atoms with van der Waals surface area (Å²) in [5.41, 5.74) is 1.11. The van der Waals surface area contributed by atoms with E-state index in [0.717, 1.165) is 48.5 Å². The molecule has 10 heteroatoms. The van der Waals surface area contributed by atoms with Gasteiger partial charge >= 0.3 is 6.18 Å². The summed E-state index contributed by atoms with van der Waals surface area (Å²) in [6, 6.07) is 11.8. The van der Waals surface area contributed by atoms with E-state index in [4.69, 9.17) is 0 Å². The van der Waals surface area contributed by atoms with Crippen molar-refractivity contribution in [1.82, 2.24) is 20.2 Å². The highest BCUT2D eigenvalue weighted by Crippen LogP contribution is 2.51. The molecular formula is C29H30F3N5O2. The van der Waals surface area contributed by atoms with Crippen molar-refractivity contribution in [1.29, 1.82) is 0 Å². The number of benzene rings is 2. The molecule has 0 spiro atoms. The Bertz CT molecular complexity index is 1360. The number of likely N-dealkylation sites (tertiary alicyclic amines) is 1. The predicted molar refractivity (Wildman–Crippen MR) is 139 cm³/mol. The van der Waals surface area contributed by atoms with Gasteiger partial charge in [-0.1, -0.05) is 37.1 Å². The highest BCUT2D eigenvalue weighted by atomic mass is 19.4. The Balaban J connectivity index is 1.25. The summed E-state index contributed by atoms with van der Waals surface area (Å²) in [6.07, 6.45) is 2.73. The topological polar surface area (TPSA) is 90.1 Å². The lowest BCUT2D eigenvalue weighted by Gasteiger charge is -2.41. The summed E-state index contributed by atoms with van der Waals surface area (Å²) in [4.78, 5) is 36.8. The summed E-state index contributed by atoms with van der Waals surface area (Å²) >= 11 is 0. The number of nitrogens with zero attached hydrogens (tertiary/aromatic N) is 2. The van der Waals surface area contributed by atoms with Gasteiger partial charge in [-0.2, -0.15) is 13.2 Å². The number of nitrogens with one attached hydrogen (secondary N) is 3. The predicted octanol–water partition coefficient (Wildman–Crippen LogP) is 5.47. The van der Waals surface area contributed by atoms with Gasteiger partial charge in [0.1, 0.15) is 5.82 Å². The van der Waals surface area contributed by atoms with Crippen LogP contribution in [0.3, 0.4) is 0 Å². The maximum atomic E-state index is 14.2. The van der Waals surface area contributed by atoms with Crippen molar-refractivity contribution in [3.05, 3.63) is 83.4 Å². The number of fused-ring (bicyclic) bond motifs is 3. The molecule has 2 aliphatic heterocycles. The third-order valence-corrected chi connectivity index (χ3v) is 8.41. The molecule has 1 saturated carbocycles. The average molecular weight is 538 g/mol. The van der Waals surface area contributed by atoms with Crippen LogP contribution in [0, 0.1) is 11.8 Å². The second-order valence-corrected chi connectivity index (χ2v) is 10.7. The summed E-state index contributed by atoms with van der Waals surface area (Å²) in [5.74, 6) is -0.0765. The zero-order valence-corrected chi connectivity index (χ0v) is 21.2. The van der Waals surface area contributed by atoms with Gasteiger partial charge < -0.3 is 20.5 Å². The van der Waals surface area contributed by atoms with Crippen molar-refractivity contribution < 1.29 is 22.8 Å². The fraction of sp³-hybridized carbons (Fsp3) is 0.414. The number of aromatic nitrogens is 2. The number of rotatable bonds is 4. The molecule has 2 amide bonds. The number of alkyl halides is 3. The molecule has 6 rings (SSSR count). The summed E-state index contributed by atoms with van der Waals surface area (Å²) in [5, 5.41) is 6.52. The minimum Gasteiger partial charge on any atom is -0.375 e. The first-order chi connectivity index (χ1) is 18.8. The maximum Gasteiger partial charge on any atom is 0.416 e. The zero-order valence-electron chi connectivity index (χ0n) is 21.2. The number of H-pyrrole nitrogens is 1. The monoisotopic (exact) mass is 537 g/mol. The van der Waals surface area contributed by atoms with Crippen molar-refractivity contribution in [2.24, 2.45) is 11.8 Å². The van der Waals surface area contributed by atoms with E-state index in [2.05, 4.69) is 26.7 Å². The van der Waals surface area contributed by atoms with Crippen LogP contribution in [0.4, 0.5) is 18.9 Å². The SMILES string of the molecule is O=C(N[C@@H]1CCCC[C@@H]1C(=O)N1CC[C@@H]2[C@H](c3ncc[nH]3)Nc3ccccc3[C@@H]21)c1cccc(C(F)(F)F)c1. The van der Waals surface area contributed by atoms with Crippen LogP contribution in [0.1, 0.15) is 71.5 Å². The minimum atomic E-state index is -4.54. The fourth-order valence-corrected chi connectivity index (χ4v) is 6.59. The third kappa shape index (κ3) is 4.77. The van der Waals surface area contributed by atoms with Crippen LogP contribution in [-0.4, -0.2) is 39.3 Å². The Kier molecular flexibility index (Phi) is 6.56. The van der Waals surface area contributed by atoms with E-state index in [1.807, 2.05) is 23.1 Å². The number of anilines is 1. The van der Waals surface area contributed by atoms with Gasteiger partial charge in [-0.3, -0.25) is 9.59 Å². The molecule has 204 valence electrons. The van der Waals surface area contributed by atoms with Crippen molar-refractivity contribution in [2.75, 3.05) is 11.9 Å². The number of carbonyl (C=O) groups excluding carboxylic acids is 2. The smallest absolute Gasteiger partial charge is 0.375 e. The fourth-order valence-electron chi connectivity index (χ4n) is 6.59. The van der Waals surface area contributed by atoms with E-state index in [0.29, 0.717) is 19.4 Å². The zero-order chi connectivity index (χ0) is 27.1. The lowest BCUT2D eigenvalue weighted by atomic mass is 9.80. The Morgan fingerprint density at radius 3 is 2.64 bits per heavy atom. The van der Waals surface area contributed by atoms with Gasteiger partial charge in [0.05, 0.1) is 23.6 Å². The molecule has 3 N–H and O–H groups in total. The normalized spacial score (nSPS) is 26.3. The number of carbonyl (C=O) groups is 2. The number of aromatic amines is 1. The lowest BCUT2D eigenvalue weighted by Crippen LogP contribution is -2.50. The van der Waals surface area contributed by atoms with Crippen LogP contribution in [0.15, 0.2) is 60.9 Å². The number of amides is 2. The minimum absolute atomic E-state index is 0.00793. The van der Waals surface area contributed by atoms with Gasteiger partial charge in [0.2, 0.25) is 5.91 Å². The molecule has 7 nitrogen and oxygen atoms in total. The van der Waals surface area contributed by atoms with E-state index in [9.17, 15) is 22.8 Å². The highest BCUT2D eigenvalue weighted by molar-refractivity contribution is 5.95. The number of halogens is 3. The van der Waals surface area contributed by atoms with E-state index in [-0.39, 0.29) is 29.5 Å². The quantitative estimate of drug-likeness (QED) is 0.412. The van der Waals surface area contributed by atoms with Crippen molar-refractivity contribution >= 4 is 17.5 Å². The van der Waals surface area contributed by atoms with Gasteiger partial charge in [0.15, 0.2) is 0 Å². The first-order valence-electron chi connectivity index (χ1n) is 13.4. The Labute approximate surface area is 224 Å². The number of imidazole rings is 1. The molecule has 0 radical (unpaired) electrons. The van der Waals surface area contributed by atoms with Crippen LogP contribution in [0.5, 0.6) is 0 Å². The van der Waals surface area contributed by atoms with Crippen molar-refractivity contribution in [3.8, 4) is 0 Å². The molecule has 1 saturated heterocycles. The number of hydrogen-bond donors (Lipinski definition) is 3. The van der Waals surface area contributed by atoms with E-state index < -0.39 is 29.6 Å². The second kappa shape index (κ2) is 10.1. The average Bonchev–Trinajstić information content (AvgIpc) is 3.63. The molecule has 2 fully saturated rings. The number of hydrogen-bond acceptors (Lipinski definition) is 4. The van der Waals surface area contributed by atoms with Crippen molar-refractivity contribution in [2.45, 2.75) is 56.4 Å². The van der Waals surface area contributed by atoms with E-state index in [1.165, 1.54) is 12.1 Å². The van der Waals surface area contributed by atoms with Crippen LogP contribution in [0.25, 0.3) is 0 Å². The van der Waals surface area contributed by atoms with E-state index in [1.54, 1.807) is 12.4 Å². The Hall–Kier alpha value is -3.82. The number of para-hydroxylation sites is 1. The molecule has 1 aromatic heterocycles. The molecule has 0 unspecified atom stereocenters. The van der Waals surface area contributed by atoms with Gasteiger partial charge in [-0.25, -0.2) is 4.98 Å². The second-order valence-electron chi connectivity index (χ2n) is 10.7. The van der Waals surface area contributed by atoms with Crippen LogP contribution >= 0.6 is 0 Å². The van der Waals surface area contributed by atoms with Crippen LogP contribution in [0.2, 0.25) is 0 Å². The Morgan fingerprint density at radius 2 is 1.85 bits per heavy atom. The highest BCUT2D eigenvalue weighted by Gasteiger charge is 2.49. The summed E-state index contributed by atoms with van der Waals surface area (Å²) in [7, 11) is 0. The van der Waals surface area contributed by atoms with Gasteiger partial charge in [0, 0.05) is 42.1 Å². The molecular weight excluding hydrogens is 507 g/mol. The van der Waals surface area contributed by atoms with Crippen molar-refractivity contribution in [3.63, 3.8) is 0 Å². The van der Waals surface area contributed by atoms with Gasteiger partial charge in [0.25, 0.3) is 5.91 Å². The van der Waals surface area contributed by atoms with Gasteiger partial charge in [-0.05, 0) is 49.1 Å². The van der Waals surface area contributed by atoms with Crippen LogP contribution < -0.4 is 10.6 Å². The largest absolute Gasteiger partial charge is 0.416 e. The van der Waals surface area contributed by atoms with E-state index >= 15 is 0 Å². The molecule has 5 atom stereocenters. The van der Waals surface area contributed by atoms with Gasteiger partial charge in [-0.15, -0.1) is 0 Å². The third-order valence-electron chi connectivity index (χ3n) is 8.41. The molecule has 3 aliphatic rings. The molecule has 39 heavy (non-hydrogen) atoms. The van der Waals surface area contributed by atoms with Crippen LogP contribution in [-0.2, 0) is 11.0 Å². The Morgan fingerprint density at radius 1 is 1.03 bits per heavy atom. The standard InChI is InChI=1S/C29H30F3N5O2/c30-29(31,32)18-7-5-6-17(16-18)27(38)36-23-11-4-2-9-20(23)28(39)37-15-12-21-24(26-33-13-14-34-26)35-22-10-3-1-8-19(22)25(21)37/h1,3,5-8,10,13-14,16,20-21,23-25,35H,2,4,9,11-12,15H2,(H,33,34)(H,36,38)/t20-,21+,23+,24+,25-/m0/s1. The molecule has 1 aliphatic carbocycles. The molecule has 3 aromatic rings. The molecule has 0 bridgehead atoms. The first-order valence-corrected chi connectivity index (χ1v) is 13.4. The summed E-state index contributed by atoms with van der Waals surface area (Å²) < 4.78 is 39.6. The molecule has 2 aromatic carbocycles. The summed E-state index contributed by atoms with van der Waals surface area (Å²) in [6.45, 7) is 0.589. The first kappa shape index (κ1) is 25.5. The lowest BCUT2D eigenvalue weighted by molar-refractivity contribution is -0.139. The molecule has 3 heterocycles. The maximum absolute atomic E-state index is 14.2.